The quantitative estimate of drug-likeness (QED) is 0.638. The highest BCUT2D eigenvalue weighted by atomic mass is 32.2. The first-order valence-electron chi connectivity index (χ1n) is 8.07. The van der Waals surface area contributed by atoms with Crippen molar-refractivity contribution in [1.82, 2.24) is 14.9 Å². The first-order valence-corrected chi connectivity index (χ1v) is 9.56. The maximum atomic E-state index is 12.6. The van der Waals surface area contributed by atoms with Crippen LogP contribution in [0.2, 0.25) is 0 Å². The fourth-order valence-electron chi connectivity index (χ4n) is 2.38. The van der Waals surface area contributed by atoms with Crippen molar-refractivity contribution in [2.24, 2.45) is 0 Å². The van der Waals surface area contributed by atoms with Gasteiger partial charge in [0.2, 0.25) is 15.8 Å². The average molecular weight is 364 g/mol. The van der Waals surface area contributed by atoms with Crippen LogP contribution >= 0.6 is 0 Å². The number of nitrogens with two attached hydrogens (primary N) is 2. The van der Waals surface area contributed by atoms with Gasteiger partial charge >= 0.3 is 0 Å². The largest absolute Gasteiger partial charge is 0.384 e. The lowest BCUT2D eigenvalue weighted by atomic mass is 10.3. The van der Waals surface area contributed by atoms with E-state index in [4.69, 9.17) is 11.5 Å². The van der Waals surface area contributed by atoms with Crippen molar-refractivity contribution < 1.29 is 8.42 Å². The molecule has 2 rings (SSSR count). The molecule has 0 aliphatic heterocycles. The Bertz CT molecular complexity index is 804. The molecule has 0 radical (unpaired) electrons. The smallest absolute Gasteiger partial charge is 0.221 e. The minimum atomic E-state index is -3.79. The van der Waals surface area contributed by atoms with Crippen molar-refractivity contribution in [2.45, 2.75) is 23.6 Å². The highest BCUT2D eigenvalue weighted by Gasteiger charge is 2.22. The van der Waals surface area contributed by atoms with E-state index in [0.29, 0.717) is 0 Å². The molecule has 0 saturated heterocycles. The van der Waals surface area contributed by atoms with Crippen LogP contribution in [0.4, 0.5) is 17.5 Å². The maximum absolute atomic E-state index is 12.6. The molecule has 0 atom stereocenters. The van der Waals surface area contributed by atoms with E-state index in [-0.39, 0.29) is 21.6 Å². The predicted octanol–water partition coefficient (Wildman–Crippen LogP) is 1.23. The second kappa shape index (κ2) is 8.13. The summed E-state index contributed by atoms with van der Waals surface area (Å²) in [6.07, 6.45) is 1.13. The van der Waals surface area contributed by atoms with Crippen molar-refractivity contribution >= 4 is 27.3 Å². The van der Waals surface area contributed by atoms with Gasteiger partial charge in [-0.2, -0.15) is 4.98 Å². The molecule has 9 heteroatoms. The molecular weight excluding hydrogens is 340 g/mol. The van der Waals surface area contributed by atoms with Gasteiger partial charge in [0.1, 0.15) is 10.7 Å². The van der Waals surface area contributed by atoms with Gasteiger partial charge in [-0.05, 0) is 37.4 Å². The SMILES string of the molecule is CCN(CC)CCNc1ccc(S(=O)(=O)c2cnc(N)nc2N)cc1. The molecule has 0 fully saturated rings. The summed E-state index contributed by atoms with van der Waals surface area (Å²) >= 11 is 0. The Hall–Kier alpha value is -2.39. The zero-order valence-electron chi connectivity index (χ0n) is 14.4. The molecule has 25 heavy (non-hydrogen) atoms. The van der Waals surface area contributed by atoms with Crippen LogP contribution in [0.3, 0.4) is 0 Å². The average Bonchev–Trinajstić information content (AvgIpc) is 2.59. The number of nitrogens with one attached hydrogen (secondary N) is 1. The van der Waals surface area contributed by atoms with Gasteiger partial charge in [0.05, 0.1) is 11.1 Å². The second-order valence-electron chi connectivity index (χ2n) is 5.46. The summed E-state index contributed by atoms with van der Waals surface area (Å²) in [4.78, 5) is 9.70. The summed E-state index contributed by atoms with van der Waals surface area (Å²) in [7, 11) is -3.79. The molecule has 0 aliphatic rings. The predicted molar refractivity (Wildman–Crippen MR) is 99.0 cm³/mol. The van der Waals surface area contributed by atoms with E-state index in [1.165, 1.54) is 12.1 Å². The molecule has 0 spiro atoms. The molecule has 0 aliphatic carbocycles. The highest BCUT2D eigenvalue weighted by Crippen LogP contribution is 2.25. The molecule has 136 valence electrons. The van der Waals surface area contributed by atoms with Gasteiger partial charge in [0.15, 0.2) is 0 Å². The monoisotopic (exact) mass is 364 g/mol. The number of hydrogen-bond acceptors (Lipinski definition) is 8. The van der Waals surface area contributed by atoms with Crippen LogP contribution in [0.25, 0.3) is 0 Å². The lowest BCUT2D eigenvalue weighted by molar-refractivity contribution is 0.316. The number of likely N-dealkylation sites (N-methyl/N-ethyl adjacent to an activating group) is 1. The topological polar surface area (TPSA) is 127 Å². The summed E-state index contributed by atoms with van der Waals surface area (Å²) in [6, 6.07) is 6.52. The van der Waals surface area contributed by atoms with E-state index in [2.05, 4.69) is 34.0 Å². The van der Waals surface area contributed by atoms with Gasteiger partial charge < -0.3 is 21.7 Å². The molecule has 0 bridgehead atoms. The third-order valence-electron chi connectivity index (χ3n) is 3.91. The highest BCUT2D eigenvalue weighted by molar-refractivity contribution is 7.91. The lowest BCUT2D eigenvalue weighted by Gasteiger charge is -2.18. The minimum absolute atomic E-state index is 0.0656. The normalized spacial score (nSPS) is 11.6. The Morgan fingerprint density at radius 2 is 1.76 bits per heavy atom. The molecule has 5 N–H and O–H groups in total. The van der Waals surface area contributed by atoms with Gasteiger partial charge in [0.25, 0.3) is 0 Å². The van der Waals surface area contributed by atoms with Crippen LogP contribution in [-0.4, -0.2) is 49.5 Å². The van der Waals surface area contributed by atoms with E-state index >= 15 is 0 Å². The van der Waals surface area contributed by atoms with Crippen LogP contribution in [-0.2, 0) is 9.84 Å². The van der Waals surface area contributed by atoms with E-state index in [1.54, 1.807) is 12.1 Å². The number of rotatable bonds is 8. The molecule has 0 amide bonds. The molecule has 2 aromatic rings. The molecule has 1 aromatic heterocycles. The number of anilines is 3. The summed E-state index contributed by atoms with van der Waals surface area (Å²) < 4.78 is 25.3. The van der Waals surface area contributed by atoms with Crippen LogP contribution in [0.1, 0.15) is 13.8 Å². The Balaban J connectivity index is 2.11. The summed E-state index contributed by atoms with van der Waals surface area (Å²) in [6.45, 7) is 7.95. The van der Waals surface area contributed by atoms with Gasteiger partial charge in [-0.1, -0.05) is 13.8 Å². The molecule has 1 aromatic carbocycles. The Labute approximate surface area is 148 Å². The van der Waals surface area contributed by atoms with Crippen LogP contribution < -0.4 is 16.8 Å². The zero-order valence-corrected chi connectivity index (χ0v) is 15.3. The number of benzene rings is 1. The Morgan fingerprint density at radius 1 is 1.12 bits per heavy atom. The third-order valence-corrected chi connectivity index (χ3v) is 5.69. The van der Waals surface area contributed by atoms with E-state index in [0.717, 1.165) is 38.1 Å². The van der Waals surface area contributed by atoms with E-state index < -0.39 is 9.84 Å². The van der Waals surface area contributed by atoms with E-state index in [1.807, 2.05) is 0 Å². The summed E-state index contributed by atoms with van der Waals surface area (Å²) in [5.41, 5.74) is 11.9. The number of nitrogen functional groups attached to an aromatic ring is 2. The number of hydrogen-bond donors (Lipinski definition) is 3. The first kappa shape index (κ1) is 18.9. The number of nitrogens with zero attached hydrogens (tertiary/aromatic N) is 3. The Kier molecular flexibility index (Phi) is 6.16. The van der Waals surface area contributed by atoms with Crippen molar-refractivity contribution in [1.29, 1.82) is 0 Å². The second-order valence-corrected chi connectivity index (χ2v) is 7.38. The summed E-state index contributed by atoms with van der Waals surface area (Å²) in [5.74, 6) is -0.224. The van der Waals surface area contributed by atoms with E-state index in [9.17, 15) is 8.42 Å². The van der Waals surface area contributed by atoms with Gasteiger partial charge in [-0.3, -0.25) is 0 Å². The third kappa shape index (κ3) is 4.58. The zero-order chi connectivity index (χ0) is 18.4. The van der Waals surface area contributed by atoms with Gasteiger partial charge in [-0.15, -0.1) is 0 Å². The number of sulfone groups is 1. The van der Waals surface area contributed by atoms with Crippen LogP contribution in [0.15, 0.2) is 40.3 Å². The minimum Gasteiger partial charge on any atom is -0.384 e. The first-order chi connectivity index (χ1) is 11.9. The van der Waals surface area contributed by atoms with Crippen molar-refractivity contribution in [3.05, 3.63) is 30.5 Å². The van der Waals surface area contributed by atoms with Crippen LogP contribution in [0.5, 0.6) is 0 Å². The van der Waals surface area contributed by atoms with Crippen molar-refractivity contribution in [3.63, 3.8) is 0 Å². The van der Waals surface area contributed by atoms with Crippen LogP contribution in [0, 0.1) is 0 Å². The maximum Gasteiger partial charge on any atom is 0.221 e. The molecular formula is C16H24N6O2S. The lowest BCUT2D eigenvalue weighted by Crippen LogP contribution is -2.28. The molecule has 0 unspecified atom stereocenters. The van der Waals surface area contributed by atoms with Gasteiger partial charge in [-0.25, -0.2) is 13.4 Å². The standard InChI is InChI=1S/C16H24N6O2S/c1-3-22(4-2)10-9-19-12-5-7-13(8-6-12)25(23,24)14-11-20-16(18)21-15(14)17/h5-8,11,19H,3-4,9-10H2,1-2H3,(H4,17,18,20,21). The number of aromatic nitrogens is 2. The van der Waals surface area contributed by atoms with Gasteiger partial charge in [0, 0.05) is 18.8 Å². The Morgan fingerprint density at radius 3 is 2.32 bits per heavy atom. The molecule has 1 heterocycles. The molecule has 8 nitrogen and oxygen atoms in total. The summed E-state index contributed by atoms with van der Waals surface area (Å²) in [5, 5.41) is 3.28. The fourth-order valence-corrected chi connectivity index (χ4v) is 3.64. The molecule has 0 saturated carbocycles. The van der Waals surface area contributed by atoms with Crippen molar-refractivity contribution in [2.75, 3.05) is 43.0 Å². The van der Waals surface area contributed by atoms with Crippen molar-refractivity contribution in [3.8, 4) is 0 Å². The fraction of sp³-hybridized carbons (Fsp3) is 0.375.